The summed E-state index contributed by atoms with van der Waals surface area (Å²) in [6, 6.07) is 6.39. The van der Waals surface area contributed by atoms with Crippen molar-refractivity contribution in [2.45, 2.75) is 72.5 Å². The number of nitrogens with one attached hydrogen (secondary N) is 2. The van der Waals surface area contributed by atoms with E-state index < -0.39 is 23.5 Å². The van der Waals surface area contributed by atoms with Crippen molar-refractivity contribution in [3.63, 3.8) is 0 Å². The van der Waals surface area contributed by atoms with Gasteiger partial charge in [0.2, 0.25) is 11.8 Å². The van der Waals surface area contributed by atoms with Gasteiger partial charge in [-0.05, 0) is 29.9 Å². The Morgan fingerprint density at radius 3 is 2.41 bits per heavy atom. The molecule has 0 spiro atoms. The maximum absolute atomic E-state index is 13.6. The third-order valence-electron chi connectivity index (χ3n) is 5.85. The van der Waals surface area contributed by atoms with Crippen molar-refractivity contribution >= 4 is 23.5 Å². The van der Waals surface area contributed by atoms with Crippen LogP contribution < -0.4 is 10.6 Å². The van der Waals surface area contributed by atoms with E-state index in [1.807, 2.05) is 65.0 Å². The van der Waals surface area contributed by atoms with Crippen molar-refractivity contribution in [3.8, 4) is 0 Å². The minimum atomic E-state index is -0.903. The van der Waals surface area contributed by atoms with Crippen LogP contribution in [0.3, 0.4) is 0 Å². The van der Waals surface area contributed by atoms with Crippen LogP contribution in [-0.2, 0) is 20.8 Å². The summed E-state index contributed by atoms with van der Waals surface area (Å²) in [5.74, 6) is -1.23. The number of nitrogens with zero attached hydrogens (tertiary/aromatic N) is 1. The van der Waals surface area contributed by atoms with E-state index in [2.05, 4.69) is 10.6 Å². The molecule has 2 amide bonds. The van der Waals surface area contributed by atoms with Crippen molar-refractivity contribution in [2.75, 3.05) is 12.4 Å². The number of anilines is 1. The van der Waals surface area contributed by atoms with Gasteiger partial charge in [-0.3, -0.25) is 14.4 Å². The molecule has 0 fully saturated rings. The molecule has 7 nitrogen and oxygen atoms in total. The molecule has 32 heavy (non-hydrogen) atoms. The number of hydrogen-bond donors (Lipinski definition) is 3. The van der Waals surface area contributed by atoms with Crippen molar-refractivity contribution in [1.82, 2.24) is 10.2 Å². The van der Waals surface area contributed by atoms with E-state index in [1.165, 1.54) is 0 Å². The van der Waals surface area contributed by atoms with Crippen LogP contribution in [0.15, 0.2) is 35.9 Å². The Kier molecular flexibility index (Phi) is 8.10. The predicted octanol–water partition coefficient (Wildman–Crippen LogP) is 3.46. The fraction of sp³-hybridized carbons (Fsp3) is 0.560. The van der Waals surface area contributed by atoms with Crippen molar-refractivity contribution in [1.29, 1.82) is 0 Å². The lowest BCUT2D eigenvalue weighted by atomic mass is 9.84. The van der Waals surface area contributed by atoms with Gasteiger partial charge in [0.15, 0.2) is 0 Å². The zero-order valence-electron chi connectivity index (χ0n) is 20.2. The van der Waals surface area contributed by atoms with Crippen LogP contribution in [0.2, 0.25) is 0 Å². The highest BCUT2D eigenvalue weighted by Crippen LogP contribution is 2.27. The van der Waals surface area contributed by atoms with E-state index >= 15 is 0 Å². The van der Waals surface area contributed by atoms with E-state index in [4.69, 9.17) is 5.11 Å². The van der Waals surface area contributed by atoms with E-state index in [0.29, 0.717) is 12.0 Å². The maximum atomic E-state index is 13.6. The molecule has 1 aliphatic heterocycles. The Bertz CT molecular complexity index is 860. The fourth-order valence-electron chi connectivity index (χ4n) is 4.04. The van der Waals surface area contributed by atoms with Gasteiger partial charge >= 0.3 is 5.97 Å². The second-order valence-electron chi connectivity index (χ2n) is 10.1. The minimum Gasteiger partial charge on any atom is -0.481 e. The van der Waals surface area contributed by atoms with Gasteiger partial charge in [-0.25, -0.2) is 0 Å². The van der Waals surface area contributed by atoms with Crippen LogP contribution in [0.5, 0.6) is 0 Å². The molecule has 1 heterocycles. The van der Waals surface area contributed by atoms with E-state index in [9.17, 15) is 14.4 Å². The molecule has 1 aromatic carbocycles. The number of aliphatic carboxylic acids is 1. The first-order valence-electron chi connectivity index (χ1n) is 11.1. The lowest BCUT2D eigenvalue weighted by Gasteiger charge is -2.38. The lowest BCUT2D eigenvalue weighted by molar-refractivity contribution is -0.140. The van der Waals surface area contributed by atoms with Gasteiger partial charge < -0.3 is 20.6 Å². The quantitative estimate of drug-likeness (QED) is 0.535. The molecule has 0 aromatic heterocycles. The molecule has 3 N–H and O–H groups in total. The third-order valence-corrected chi connectivity index (χ3v) is 5.85. The van der Waals surface area contributed by atoms with E-state index in [-0.39, 0.29) is 30.2 Å². The number of para-hydroxylation sites is 1. The van der Waals surface area contributed by atoms with Crippen LogP contribution in [0.4, 0.5) is 5.69 Å². The topological polar surface area (TPSA) is 98.7 Å². The number of fused-ring (bicyclic) bond motifs is 1. The summed E-state index contributed by atoms with van der Waals surface area (Å²) in [6.07, 6.45) is 2.35. The summed E-state index contributed by atoms with van der Waals surface area (Å²) in [4.78, 5) is 39.3. The molecular weight excluding hydrogens is 406 g/mol. The monoisotopic (exact) mass is 443 g/mol. The average molecular weight is 444 g/mol. The van der Waals surface area contributed by atoms with Gasteiger partial charge in [0.25, 0.3) is 0 Å². The van der Waals surface area contributed by atoms with Gasteiger partial charge in [0, 0.05) is 19.2 Å². The Balaban J connectivity index is 2.19. The Morgan fingerprint density at radius 2 is 1.88 bits per heavy atom. The molecular formula is C25H37N3O4. The summed E-state index contributed by atoms with van der Waals surface area (Å²) in [5, 5.41) is 15.3. The molecule has 0 saturated heterocycles. The first kappa shape index (κ1) is 25.4. The summed E-state index contributed by atoms with van der Waals surface area (Å²) in [6.45, 7) is 11.5. The van der Waals surface area contributed by atoms with E-state index in [0.717, 1.165) is 11.3 Å². The number of benzene rings is 1. The second-order valence-corrected chi connectivity index (χ2v) is 10.1. The number of carbonyl (C=O) groups is 3. The van der Waals surface area contributed by atoms with Gasteiger partial charge in [-0.2, -0.15) is 0 Å². The molecule has 0 radical (unpaired) electrons. The highest BCUT2D eigenvalue weighted by Gasteiger charge is 2.38. The highest BCUT2D eigenvalue weighted by molar-refractivity contribution is 5.93. The second kappa shape index (κ2) is 10.2. The van der Waals surface area contributed by atoms with Crippen LogP contribution in [-0.4, -0.2) is 53.0 Å². The maximum Gasteiger partial charge on any atom is 0.307 e. The summed E-state index contributed by atoms with van der Waals surface area (Å²) in [7, 11) is 1.71. The molecule has 176 valence electrons. The number of carbonyl (C=O) groups excluding carboxylic acids is 2. The normalized spacial score (nSPS) is 17.9. The average Bonchev–Trinajstić information content (AvgIpc) is 3.11. The van der Waals surface area contributed by atoms with Gasteiger partial charge in [-0.1, -0.05) is 64.5 Å². The number of carboxylic acid groups (broad SMARTS) is 1. The Hall–Kier alpha value is -2.83. The van der Waals surface area contributed by atoms with Gasteiger partial charge in [-0.15, -0.1) is 0 Å². The first-order chi connectivity index (χ1) is 14.8. The smallest absolute Gasteiger partial charge is 0.307 e. The van der Waals surface area contributed by atoms with Crippen LogP contribution >= 0.6 is 0 Å². The molecule has 3 atom stereocenters. The van der Waals surface area contributed by atoms with Gasteiger partial charge in [0.05, 0.1) is 12.5 Å². The number of likely N-dealkylation sites (N-methyl/N-ethyl adjacent to an activating group) is 1. The van der Waals surface area contributed by atoms with Crippen molar-refractivity contribution in [2.24, 2.45) is 11.3 Å². The fourth-order valence-corrected chi connectivity index (χ4v) is 4.04. The molecule has 2 rings (SSSR count). The van der Waals surface area contributed by atoms with Crippen molar-refractivity contribution < 1.29 is 19.5 Å². The van der Waals surface area contributed by atoms with Crippen LogP contribution in [0.25, 0.3) is 0 Å². The summed E-state index contributed by atoms with van der Waals surface area (Å²) >= 11 is 0. The zero-order chi connectivity index (χ0) is 24.2. The third kappa shape index (κ3) is 6.34. The summed E-state index contributed by atoms with van der Waals surface area (Å²) < 4.78 is 0. The molecule has 0 bridgehead atoms. The van der Waals surface area contributed by atoms with Gasteiger partial charge in [0.1, 0.15) is 12.1 Å². The molecule has 1 aliphatic rings. The number of carboxylic acids is 1. The minimum absolute atomic E-state index is 0.0708. The lowest BCUT2D eigenvalue weighted by Crippen LogP contribution is -2.58. The van der Waals surface area contributed by atoms with Crippen LogP contribution in [0, 0.1) is 11.3 Å². The largest absolute Gasteiger partial charge is 0.481 e. The number of rotatable bonds is 8. The zero-order valence-corrected chi connectivity index (χ0v) is 20.2. The molecule has 0 aliphatic carbocycles. The molecule has 1 aromatic rings. The SMILES string of the molecule is CC(=C[C@H](C(C)C)N(C)C(=O)[C@@H](NC(=O)[C@@H]1Cc2ccccc2N1)C(C)(C)C)CC(=O)O. The number of hydrogen-bond acceptors (Lipinski definition) is 4. The number of amides is 2. The Labute approximate surface area is 191 Å². The first-order valence-corrected chi connectivity index (χ1v) is 11.1. The molecule has 0 saturated carbocycles. The van der Waals surface area contributed by atoms with E-state index in [1.54, 1.807) is 18.9 Å². The van der Waals surface area contributed by atoms with Crippen LogP contribution in [0.1, 0.15) is 53.5 Å². The summed E-state index contributed by atoms with van der Waals surface area (Å²) in [5.41, 5.74) is 2.22. The highest BCUT2D eigenvalue weighted by atomic mass is 16.4. The molecule has 7 heteroatoms. The standard InChI is InChI=1S/C25H37N3O4/c1-15(2)20(12-16(3)13-21(29)30)28(7)24(32)22(25(4,5)6)27-23(31)19-14-17-10-8-9-11-18(17)26-19/h8-12,15,19-20,22,26H,13-14H2,1-7H3,(H,27,31)(H,29,30)/t19-,20+,22+/m0/s1. The Morgan fingerprint density at radius 1 is 1.25 bits per heavy atom. The van der Waals surface area contributed by atoms with Crippen molar-refractivity contribution in [3.05, 3.63) is 41.5 Å². The molecule has 0 unspecified atom stereocenters. The predicted molar refractivity (Wildman–Crippen MR) is 126 cm³/mol.